The van der Waals surface area contributed by atoms with Gasteiger partial charge in [-0.2, -0.15) is 0 Å². The molecule has 1 unspecified atom stereocenters. The van der Waals surface area contributed by atoms with Gasteiger partial charge in [-0.15, -0.1) is 0 Å². The quantitative estimate of drug-likeness (QED) is 0.102. The fourth-order valence-corrected chi connectivity index (χ4v) is 5.40. The molecule has 0 radical (unpaired) electrons. The Bertz CT molecular complexity index is 1540. The highest BCUT2D eigenvalue weighted by atomic mass is 32.1. The number of rotatable bonds is 11. The Hall–Kier alpha value is -4.70. The van der Waals surface area contributed by atoms with Crippen molar-refractivity contribution in [2.45, 2.75) is 26.8 Å². The van der Waals surface area contributed by atoms with Crippen molar-refractivity contribution in [1.29, 1.82) is 0 Å². The average molecular weight is 575 g/mol. The fourth-order valence-electron chi connectivity index (χ4n) is 4.41. The summed E-state index contributed by atoms with van der Waals surface area (Å²) >= 11 is 0.948. The van der Waals surface area contributed by atoms with Gasteiger partial charge in [0.25, 0.3) is 5.78 Å². The maximum atomic E-state index is 13.5. The van der Waals surface area contributed by atoms with E-state index >= 15 is 0 Å². The highest BCUT2D eigenvalue weighted by Crippen LogP contribution is 2.44. The number of aryl methyl sites for hydroxylation is 2. The summed E-state index contributed by atoms with van der Waals surface area (Å²) in [7, 11) is 0. The summed E-state index contributed by atoms with van der Waals surface area (Å²) in [6, 6.07) is 10.8. The lowest BCUT2D eigenvalue weighted by Crippen LogP contribution is -2.29. The van der Waals surface area contributed by atoms with Crippen LogP contribution >= 0.6 is 11.3 Å². The minimum absolute atomic E-state index is 0.108. The molecule has 41 heavy (non-hydrogen) atoms. The zero-order valence-electron chi connectivity index (χ0n) is 23.0. The van der Waals surface area contributed by atoms with Crippen LogP contribution in [0.1, 0.15) is 45.0 Å². The van der Waals surface area contributed by atoms with Crippen molar-refractivity contribution >= 4 is 39.9 Å². The van der Waals surface area contributed by atoms with Crippen LogP contribution in [0.2, 0.25) is 0 Å². The first-order valence-electron chi connectivity index (χ1n) is 12.9. The van der Waals surface area contributed by atoms with E-state index in [1.807, 2.05) is 0 Å². The zero-order chi connectivity index (χ0) is 29.7. The maximum Gasteiger partial charge on any atom is 0.350 e. The van der Waals surface area contributed by atoms with Crippen LogP contribution in [0.15, 0.2) is 73.3 Å². The Balaban J connectivity index is 1.87. The zero-order valence-corrected chi connectivity index (χ0v) is 23.8. The topological polar surface area (TPSA) is 115 Å². The Morgan fingerprint density at radius 2 is 1.68 bits per heavy atom. The van der Waals surface area contributed by atoms with Crippen LogP contribution in [-0.4, -0.2) is 47.6 Å². The molecule has 10 heteroatoms. The predicted octanol–water partition coefficient (Wildman–Crippen LogP) is 5.69. The van der Waals surface area contributed by atoms with Crippen LogP contribution in [-0.2, 0) is 14.3 Å². The van der Waals surface area contributed by atoms with Gasteiger partial charge in [0, 0.05) is 5.56 Å². The van der Waals surface area contributed by atoms with E-state index < -0.39 is 23.7 Å². The lowest BCUT2D eigenvalue weighted by atomic mass is 9.94. The number of aliphatic hydroxyl groups is 1. The smallest absolute Gasteiger partial charge is 0.350 e. The standard InChI is InChI=1S/C31H30N2O7S/c1-6-15-39-21-11-9-20(10-12-21)25-24(26(34)23-14-13-22(17-18(23)4)40-16-7-2)27(35)29(36)33(25)31-32-19(5)28(41-31)30(37)38-8-3/h6-7,9-14,17,25,34H,1-2,8,15-16H2,3-5H3/b26-24-. The summed E-state index contributed by atoms with van der Waals surface area (Å²) in [5.74, 6) is -1.54. The first-order chi connectivity index (χ1) is 19.7. The molecule has 2 aromatic carbocycles. The number of hydrogen-bond donors (Lipinski definition) is 1. The van der Waals surface area contributed by atoms with Crippen LogP contribution in [0, 0.1) is 13.8 Å². The molecule has 4 rings (SSSR count). The van der Waals surface area contributed by atoms with Crippen LogP contribution in [0.5, 0.6) is 11.5 Å². The Morgan fingerprint density at radius 3 is 2.29 bits per heavy atom. The van der Waals surface area contributed by atoms with E-state index in [1.165, 1.54) is 4.90 Å². The van der Waals surface area contributed by atoms with Crippen LogP contribution < -0.4 is 14.4 Å². The van der Waals surface area contributed by atoms with E-state index in [-0.39, 0.29) is 27.9 Å². The van der Waals surface area contributed by atoms with E-state index in [4.69, 9.17) is 14.2 Å². The first-order valence-corrected chi connectivity index (χ1v) is 13.7. The summed E-state index contributed by atoms with van der Waals surface area (Å²) in [6.45, 7) is 13.2. The van der Waals surface area contributed by atoms with Crippen LogP contribution in [0.4, 0.5) is 5.13 Å². The highest BCUT2D eigenvalue weighted by molar-refractivity contribution is 7.17. The molecule has 212 valence electrons. The molecular formula is C31H30N2O7S. The van der Waals surface area contributed by atoms with E-state index in [1.54, 1.807) is 75.4 Å². The monoisotopic (exact) mass is 574 g/mol. The van der Waals surface area contributed by atoms with Crippen molar-refractivity contribution < 1.29 is 33.7 Å². The van der Waals surface area contributed by atoms with Crippen LogP contribution in [0.3, 0.4) is 0 Å². The second-order valence-corrected chi connectivity index (χ2v) is 10.0. The third-order valence-electron chi connectivity index (χ3n) is 6.28. The summed E-state index contributed by atoms with van der Waals surface area (Å²) < 4.78 is 16.3. The van der Waals surface area contributed by atoms with Crippen molar-refractivity contribution in [3.8, 4) is 11.5 Å². The number of aromatic nitrogens is 1. The number of esters is 1. The molecule has 0 bridgehead atoms. The number of carbonyl (C=O) groups excluding carboxylic acids is 3. The molecule has 9 nitrogen and oxygen atoms in total. The Kier molecular flexibility index (Phi) is 9.04. The summed E-state index contributed by atoms with van der Waals surface area (Å²) in [5.41, 5.74) is 1.79. The van der Waals surface area contributed by atoms with Crippen molar-refractivity contribution in [3.05, 3.63) is 101 Å². The van der Waals surface area contributed by atoms with E-state index in [0.29, 0.717) is 47.1 Å². The molecule has 1 aliphatic rings. The van der Waals surface area contributed by atoms with Gasteiger partial charge in [-0.25, -0.2) is 9.78 Å². The largest absolute Gasteiger partial charge is 0.507 e. The number of ether oxygens (including phenoxy) is 3. The maximum absolute atomic E-state index is 13.5. The molecule has 1 fully saturated rings. The third kappa shape index (κ3) is 5.92. The van der Waals surface area contributed by atoms with Crippen molar-refractivity contribution in [2.75, 3.05) is 24.7 Å². The molecule has 0 saturated carbocycles. The molecule has 1 amide bonds. The van der Waals surface area contributed by atoms with Crippen molar-refractivity contribution in [1.82, 2.24) is 4.98 Å². The number of hydrogen-bond acceptors (Lipinski definition) is 9. The lowest BCUT2D eigenvalue weighted by molar-refractivity contribution is -0.132. The molecule has 1 aliphatic heterocycles. The van der Waals surface area contributed by atoms with Gasteiger partial charge < -0.3 is 19.3 Å². The summed E-state index contributed by atoms with van der Waals surface area (Å²) in [5, 5.41) is 11.7. The normalized spacial score (nSPS) is 16.0. The number of thiazole rings is 1. The minimum atomic E-state index is -1.03. The number of amides is 1. The fraction of sp³-hybridized carbons (Fsp3) is 0.226. The first kappa shape index (κ1) is 29.3. The molecule has 1 atom stereocenters. The van der Waals surface area contributed by atoms with Gasteiger partial charge in [-0.3, -0.25) is 14.5 Å². The number of carbonyl (C=O) groups is 3. The number of ketones is 1. The molecule has 0 aliphatic carbocycles. The minimum Gasteiger partial charge on any atom is -0.507 e. The SMILES string of the molecule is C=CCOc1ccc(C2/C(=C(/O)c3ccc(OCC=C)cc3C)C(=O)C(=O)N2c2nc(C)c(C(=O)OCC)s2)cc1. The molecule has 0 spiro atoms. The van der Waals surface area contributed by atoms with Crippen molar-refractivity contribution in [3.63, 3.8) is 0 Å². The molecule has 1 N–H and O–H groups in total. The van der Waals surface area contributed by atoms with Gasteiger partial charge in [0.05, 0.1) is 23.9 Å². The number of nitrogens with zero attached hydrogens (tertiary/aromatic N) is 2. The predicted molar refractivity (Wildman–Crippen MR) is 157 cm³/mol. The molecule has 1 saturated heterocycles. The molecular weight excluding hydrogens is 544 g/mol. The number of benzene rings is 2. The Morgan fingerprint density at radius 1 is 1.05 bits per heavy atom. The van der Waals surface area contributed by atoms with Crippen molar-refractivity contribution in [2.24, 2.45) is 0 Å². The molecule has 1 aromatic heterocycles. The summed E-state index contributed by atoms with van der Waals surface area (Å²) in [4.78, 5) is 45.5. The third-order valence-corrected chi connectivity index (χ3v) is 7.42. The summed E-state index contributed by atoms with van der Waals surface area (Å²) in [6.07, 6.45) is 3.23. The van der Waals surface area contributed by atoms with Crippen LogP contribution in [0.25, 0.3) is 5.76 Å². The lowest BCUT2D eigenvalue weighted by Gasteiger charge is -2.23. The van der Waals surface area contributed by atoms with E-state index in [0.717, 1.165) is 11.3 Å². The van der Waals surface area contributed by atoms with Gasteiger partial charge in [0.15, 0.2) is 5.13 Å². The van der Waals surface area contributed by atoms with Gasteiger partial charge in [-0.1, -0.05) is 48.8 Å². The number of Topliss-reactive ketones (excluding diaryl/α,β-unsaturated/α-hetero) is 1. The second kappa shape index (κ2) is 12.6. The van der Waals surface area contributed by atoms with Gasteiger partial charge in [0.2, 0.25) is 0 Å². The highest BCUT2D eigenvalue weighted by Gasteiger charge is 2.48. The molecule has 3 aromatic rings. The number of aliphatic hydroxyl groups excluding tert-OH is 1. The van der Waals surface area contributed by atoms with Gasteiger partial charge in [-0.05, 0) is 62.2 Å². The molecule has 2 heterocycles. The Labute approximate surface area is 242 Å². The van der Waals surface area contributed by atoms with Gasteiger partial charge in [0.1, 0.15) is 35.3 Å². The van der Waals surface area contributed by atoms with Gasteiger partial charge >= 0.3 is 11.9 Å². The second-order valence-electron chi connectivity index (χ2n) is 9.05. The average Bonchev–Trinajstić information content (AvgIpc) is 3.47. The van der Waals surface area contributed by atoms with E-state index in [2.05, 4.69) is 18.1 Å². The van der Waals surface area contributed by atoms with E-state index in [9.17, 15) is 19.5 Å². The number of anilines is 1.